The topological polar surface area (TPSA) is 43.6 Å². The van der Waals surface area contributed by atoms with E-state index in [9.17, 15) is 52.7 Å². The summed E-state index contributed by atoms with van der Waals surface area (Å²) < 4.78 is 161. The maximum atomic E-state index is 14.2. The minimum Gasteiger partial charge on any atom is -0.313 e. The van der Waals surface area contributed by atoms with Gasteiger partial charge in [-0.3, -0.25) is 0 Å². The highest BCUT2D eigenvalue weighted by Gasteiger charge is 2.87. The van der Waals surface area contributed by atoms with Crippen molar-refractivity contribution >= 4 is 11.2 Å². The Kier molecular flexibility index (Phi) is 7.27. The van der Waals surface area contributed by atoms with Crippen LogP contribution >= 0.6 is 0 Å². The zero-order valence-electron chi connectivity index (χ0n) is 19.2. The molecule has 1 aromatic carbocycles. The Morgan fingerprint density at radius 2 is 1.45 bits per heavy atom. The lowest BCUT2D eigenvalue weighted by Gasteiger charge is -2.36. The maximum absolute atomic E-state index is 14.2. The molecule has 208 valence electrons. The van der Waals surface area contributed by atoms with Crippen molar-refractivity contribution in [3.05, 3.63) is 54.4 Å². The van der Waals surface area contributed by atoms with Crippen molar-refractivity contribution in [1.82, 2.24) is 19.5 Å². The zero-order chi connectivity index (χ0) is 28.9. The highest BCUT2D eigenvalue weighted by molar-refractivity contribution is 5.88. The lowest BCUT2D eigenvalue weighted by atomic mass is 9.95. The standard InChI is InChI=1S/C22H16F12N4/c1-11(2)38-10-37-16-15(35-9-36-17(16)38)13-6-4-3-5-12(13)7-8-14(23)18(24,25)19(26,27)20(28,29)21(30,31)22(32,33)34/h3-6,8-11H,7H2,1-2H3/b14-8-. The molecule has 0 N–H and O–H groups in total. The number of aromatic nitrogens is 4. The molecule has 3 rings (SSSR count). The molecule has 0 spiro atoms. The molecule has 3 aromatic rings. The monoisotopic (exact) mass is 564 g/mol. The van der Waals surface area contributed by atoms with E-state index in [1.165, 1.54) is 30.6 Å². The van der Waals surface area contributed by atoms with Gasteiger partial charge in [0, 0.05) is 11.6 Å². The second-order valence-corrected chi connectivity index (χ2v) is 8.35. The molecule has 4 nitrogen and oxygen atoms in total. The van der Waals surface area contributed by atoms with Crippen LogP contribution in [-0.4, -0.2) is 49.4 Å². The van der Waals surface area contributed by atoms with E-state index in [0.717, 1.165) is 6.33 Å². The molecule has 0 amide bonds. The molecule has 0 saturated carbocycles. The molecule has 2 aromatic heterocycles. The van der Waals surface area contributed by atoms with Gasteiger partial charge in [-0.15, -0.1) is 0 Å². The van der Waals surface area contributed by atoms with Crippen molar-refractivity contribution in [2.75, 3.05) is 0 Å². The molecule has 0 saturated heterocycles. The quantitative estimate of drug-likeness (QED) is 0.265. The SMILES string of the molecule is CC(C)n1cnc2c(-c3ccccc3C/C=C(\F)C(F)(F)C(F)(F)C(F)(F)C(F)(F)C(F)(F)F)ncnc21. The first kappa shape index (κ1) is 29.2. The minimum atomic E-state index is -7.70. The summed E-state index contributed by atoms with van der Waals surface area (Å²) in [6.45, 7) is 3.63. The highest BCUT2D eigenvalue weighted by atomic mass is 19.4. The summed E-state index contributed by atoms with van der Waals surface area (Å²) in [4.78, 5) is 12.3. The van der Waals surface area contributed by atoms with E-state index < -0.39 is 42.1 Å². The molecular weight excluding hydrogens is 548 g/mol. The number of fused-ring (bicyclic) bond motifs is 1. The Balaban J connectivity index is 2.01. The highest BCUT2D eigenvalue weighted by Crippen LogP contribution is 2.58. The van der Waals surface area contributed by atoms with Gasteiger partial charge in [-0.25, -0.2) is 19.3 Å². The Bertz CT molecular complexity index is 1340. The molecule has 16 heteroatoms. The number of allylic oxidation sites excluding steroid dienone is 2. The second-order valence-electron chi connectivity index (χ2n) is 8.35. The molecule has 0 aliphatic rings. The first-order valence-electron chi connectivity index (χ1n) is 10.5. The fourth-order valence-electron chi connectivity index (χ4n) is 3.41. The third-order valence-electron chi connectivity index (χ3n) is 5.53. The van der Waals surface area contributed by atoms with Crippen LogP contribution in [0.2, 0.25) is 0 Å². The van der Waals surface area contributed by atoms with E-state index in [1.54, 1.807) is 4.57 Å². The maximum Gasteiger partial charge on any atom is 0.460 e. The normalized spacial score (nSPS) is 14.6. The van der Waals surface area contributed by atoms with Crippen LogP contribution in [0.5, 0.6) is 0 Å². The average molecular weight is 564 g/mol. The van der Waals surface area contributed by atoms with E-state index in [2.05, 4.69) is 15.0 Å². The van der Waals surface area contributed by atoms with Crippen molar-refractivity contribution < 1.29 is 52.7 Å². The molecule has 0 aliphatic carbocycles. The summed E-state index contributed by atoms with van der Waals surface area (Å²) in [7, 11) is 0. The molecular formula is C22H16F12N4. The predicted octanol–water partition coefficient (Wildman–Crippen LogP) is 7.57. The van der Waals surface area contributed by atoms with Gasteiger partial charge in [0.05, 0.1) is 6.33 Å². The number of nitrogens with zero attached hydrogens (tertiary/aromatic N) is 4. The fourth-order valence-corrected chi connectivity index (χ4v) is 3.41. The van der Waals surface area contributed by atoms with Crippen molar-refractivity contribution in [1.29, 1.82) is 0 Å². The van der Waals surface area contributed by atoms with Gasteiger partial charge >= 0.3 is 29.9 Å². The number of imidazole rings is 1. The van der Waals surface area contributed by atoms with E-state index in [0.29, 0.717) is 5.65 Å². The average Bonchev–Trinajstić information content (AvgIpc) is 3.26. The summed E-state index contributed by atoms with van der Waals surface area (Å²) in [5.41, 5.74) is 0.701. The van der Waals surface area contributed by atoms with Gasteiger partial charge in [0.1, 0.15) is 17.5 Å². The second kappa shape index (κ2) is 9.45. The summed E-state index contributed by atoms with van der Waals surface area (Å²) >= 11 is 0. The number of alkyl halides is 11. The van der Waals surface area contributed by atoms with Crippen molar-refractivity contribution in [3.8, 4) is 11.3 Å². The number of hydrogen-bond donors (Lipinski definition) is 0. The fraction of sp³-hybridized carbons (Fsp3) is 0.409. The van der Waals surface area contributed by atoms with E-state index in [1.807, 2.05) is 13.8 Å². The van der Waals surface area contributed by atoms with Crippen LogP contribution < -0.4 is 0 Å². The van der Waals surface area contributed by atoms with Crippen LogP contribution in [0.1, 0.15) is 25.5 Å². The Morgan fingerprint density at radius 1 is 0.842 bits per heavy atom. The van der Waals surface area contributed by atoms with Crippen LogP contribution in [0.3, 0.4) is 0 Å². The number of rotatable bonds is 8. The van der Waals surface area contributed by atoms with Gasteiger partial charge in [0.25, 0.3) is 0 Å². The summed E-state index contributed by atoms with van der Waals surface area (Å²) in [6, 6.07) is 5.23. The molecule has 0 radical (unpaired) electrons. The number of benzene rings is 1. The summed E-state index contributed by atoms with van der Waals surface area (Å²) in [6.07, 6.45) is -6.09. The van der Waals surface area contributed by atoms with Crippen molar-refractivity contribution in [2.24, 2.45) is 0 Å². The van der Waals surface area contributed by atoms with E-state index in [-0.39, 0.29) is 34.5 Å². The molecule has 0 aliphatic heterocycles. The van der Waals surface area contributed by atoms with Crippen LogP contribution in [0.25, 0.3) is 22.4 Å². The van der Waals surface area contributed by atoms with Gasteiger partial charge in [0.15, 0.2) is 11.5 Å². The molecule has 0 atom stereocenters. The third-order valence-corrected chi connectivity index (χ3v) is 5.53. The summed E-state index contributed by atoms with van der Waals surface area (Å²) in [5, 5.41) is 0. The van der Waals surface area contributed by atoms with E-state index >= 15 is 0 Å². The minimum absolute atomic E-state index is 0.0757. The van der Waals surface area contributed by atoms with Crippen LogP contribution in [0.4, 0.5) is 52.7 Å². The summed E-state index contributed by atoms with van der Waals surface area (Å²) in [5.74, 6) is -32.9. The molecule has 38 heavy (non-hydrogen) atoms. The zero-order valence-corrected chi connectivity index (χ0v) is 19.2. The Morgan fingerprint density at radius 3 is 2.03 bits per heavy atom. The van der Waals surface area contributed by atoms with Gasteiger partial charge in [-0.1, -0.05) is 24.3 Å². The predicted molar refractivity (Wildman–Crippen MR) is 110 cm³/mol. The molecule has 0 bridgehead atoms. The smallest absolute Gasteiger partial charge is 0.313 e. The first-order valence-corrected chi connectivity index (χ1v) is 10.5. The Labute approximate surface area is 206 Å². The van der Waals surface area contributed by atoms with Gasteiger partial charge < -0.3 is 4.57 Å². The number of halogens is 12. The lowest BCUT2D eigenvalue weighted by molar-refractivity contribution is -0.419. The van der Waals surface area contributed by atoms with Gasteiger partial charge in [-0.2, -0.15) is 48.3 Å². The van der Waals surface area contributed by atoms with E-state index in [4.69, 9.17) is 0 Å². The Hall–Kier alpha value is -3.33. The first-order chi connectivity index (χ1) is 17.3. The van der Waals surface area contributed by atoms with Gasteiger partial charge in [0.2, 0.25) is 0 Å². The van der Waals surface area contributed by atoms with Gasteiger partial charge in [-0.05, 0) is 31.9 Å². The molecule has 0 fully saturated rings. The third kappa shape index (κ3) is 4.46. The van der Waals surface area contributed by atoms with Crippen LogP contribution in [0.15, 0.2) is 48.8 Å². The number of hydrogen-bond acceptors (Lipinski definition) is 3. The van der Waals surface area contributed by atoms with Crippen molar-refractivity contribution in [2.45, 2.75) is 56.2 Å². The van der Waals surface area contributed by atoms with Crippen molar-refractivity contribution in [3.63, 3.8) is 0 Å². The largest absolute Gasteiger partial charge is 0.460 e. The molecule has 2 heterocycles. The van der Waals surface area contributed by atoms with Crippen LogP contribution in [-0.2, 0) is 6.42 Å². The lowest BCUT2D eigenvalue weighted by Crippen LogP contribution is -2.66. The van der Waals surface area contributed by atoms with Crippen LogP contribution in [0, 0.1) is 0 Å². The molecule has 0 unspecified atom stereocenters.